The van der Waals surface area contributed by atoms with E-state index in [9.17, 15) is 29.1 Å². The molecule has 4 unspecified atom stereocenters. The van der Waals surface area contributed by atoms with Crippen LogP contribution in [0.3, 0.4) is 0 Å². The Morgan fingerprint density at radius 1 is 1.00 bits per heavy atom. The number of aliphatic carboxylic acids is 1. The van der Waals surface area contributed by atoms with Crippen LogP contribution < -0.4 is 27.4 Å². The van der Waals surface area contributed by atoms with Gasteiger partial charge in [-0.3, -0.25) is 19.2 Å². The molecule has 1 heterocycles. The van der Waals surface area contributed by atoms with Gasteiger partial charge in [0.2, 0.25) is 23.6 Å². The van der Waals surface area contributed by atoms with Crippen LogP contribution in [0.1, 0.15) is 31.7 Å². The normalized spacial score (nSPS) is 14.2. The molecule has 12 nitrogen and oxygen atoms in total. The summed E-state index contributed by atoms with van der Waals surface area (Å²) >= 11 is 1.45. The van der Waals surface area contributed by atoms with Gasteiger partial charge in [-0.25, -0.2) is 4.79 Å². The number of aromatic amines is 1. The van der Waals surface area contributed by atoms with Crippen molar-refractivity contribution in [2.75, 3.05) is 12.0 Å². The van der Waals surface area contributed by atoms with Gasteiger partial charge in [-0.15, -0.1) is 0 Å². The standard InChI is InChI=1S/C24H34N6O6S/c1-13(21(32)29-18(24(35)36)9-10-37-2)28-23(34)19(30-22(33)16(25)7-8-20(26)31)11-14-12-27-17-6-4-3-5-15(14)17/h3-6,12-13,16,18-19,27H,7-11,25H2,1-2H3,(H2,26,31)(H,28,34)(H,29,32)(H,30,33)(H,35,36). The predicted octanol–water partition coefficient (Wildman–Crippen LogP) is -0.385. The molecule has 0 saturated heterocycles. The number of aromatic nitrogens is 1. The minimum absolute atomic E-state index is 0.00796. The number of fused-ring (bicyclic) bond motifs is 1. The summed E-state index contributed by atoms with van der Waals surface area (Å²) in [4.78, 5) is 64.1. The highest BCUT2D eigenvalue weighted by Crippen LogP contribution is 2.19. The highest BCUT2D eigenvalue weighted by atomic mass is 32.2. The average Bonchev–Trinajstić information content (AvgIpc) is 3.26. The van der Waals surface area contributed by atoms with Crippen molar-refractivity contribution < 1.29 is 29.1 Å². The number of carbonyl (C=O) groups is 5. The number of amides is 4. The molecule has 2 rings (SSSR count). The topological polar surface area (TPSA) is 210 Å². The van der Waals surface area contributed by atoms with E-state index in [1.807, 2.05) is 30.5 Å². The maximum absolute atomic E-state index is 13.2. The minimum Gasteiger partial charge on any atom is -0.480 e. The Morgan fingerprint density at radius 2 is 1.68 bits per heavy atom. The Hall–Kier alpha value is -3.58. The molecular weight excluding hydrogens is 500 g/mol. The van der Waals surface area contributed by atoms with E-state index in [2.05, 4.69) is 20.9 Å². The zero-order chi connectivity index (χ0) is 27.5. The molecule has 0 fully saturated rings. The number of carbonyl (C=O) groups excluding carboxylic acids is 4. The summed E-state index contributed by atoms with van der Waals surface area (Å²) in [6.07, 6.45) is 3.78. The van der Waals surface area contributed by atoms with E-state index in [4.69, 9.17) is 11.5 Å². The Bertz CT molecular complexity index is 1120. The Balaban J connectivity index is 2.16. The molecule has 37 heavy (non-hydrogen) atoms. The minimum atomic E-state index is -1.17. The molecule has 9 N–H and O–H groups in total. The maximum Gasteiger partial charge on any atom is 0.326 e. The molecule has 4 amide bonds. The lowest BCUT2D eigenvalue weighted by Gasteiger charge is -2.23. The van der Waals surface area contributed by atoms with E-state index < -0.39 is 53.8 Å². The smallest absolute Gasteiger partial charge is 0.326 e. The van der Waals surface area contributed by atoms with Crippen LogP contribution in [0.15, 0.2) is 30.5 Å². The molecule has 1 aromatic carbocycles. The van der Waals surface area contributed by atoms with Crippen LogP contribution in [-0.2, 0) is 30.4 Å². The lowest BCUT2D eigenvalue weighted by molar-refractivity contribution is -0.142. The van der Waals surface area contributed by atoms with Gasteiger partial charge in [0.15, 0.2) is 0 Å². The molecule has 0 aliphatic carbocycles. The number of rotatable bonds is 15. The van der Waals surface area contributed by atoms with E-state index in [1.54, 1.807) is 6.20 Å². The van der Waals surface area contributed by atoms with Gasteiger partial charge < -0.3 is 37.5 Å². The summed E-state index contributed by atoms with van der Waals surface area (Å²) in [5.74, 6) is -3.21. The second-order valence-corrected chi connectivity index (χ2v) is 9.63. The molecule has 2 aromatic rings. The fourth-order valence-electron chi connectivity index (χ4n) is 3.61. The van der Waals surface area contributed by atoms with E-state index in [0.29, 0.717) is 5.75 Å². The summed E-state index contributed by atoms with van der Waals surface area (Å²) in [7, 11) is 0. The Kier molecular flexibility index (Phi) is 11.4. The van der Waals surface area contributed by atoms with E-state index in [1.165, 1.54) is 18.7 Å². The van der Waals surface area contributed by atoms with Gasteiger partial charge >= 0.3 is 5.97 Å². The molecule has 202 valence electrons. The van der Waals surface area contributed by atoms with Crippen LogP contribution >= 0.6 is 11.8 Å². The number of primary amides is 1. The molecule has 0 radical (unpaired) electrons. The molecule has 0 aliphatic rings. The van der Waals surface area contributed by atoms with Crippen LogP contribution in [0.25, 0.3) is 10.9 Å². The van der Waals surface area contributed by atoms with Crippen LogP contribution in [0.5, 0.6) is 0 Å². The summed E-state index contributed by atoms with van der Waals surface area (Å²) in [5, 5.41) is 17.8. The van der Waals surface area contributed by atoms with Gasteiger partial charge in [0.05, 0.1) is 6.04 Å². The zero-order valence-electron chi connectivity index (χ0n) is 20.8. The van der Waals surface area contributed by atoms with Crippen LogP contribution in [-0.4, -0.2) is 75.9 Å². The van der Waals surface area contributed by atoms with Gasteiger partial charge in [0, 0.05) is 29.9 Å². The number of benzene rings is 1. The summed E-state index contributed by atoms with van der Waals surface area (Å²) in [5.41, 5.74) is 12.6. The fraction of sp³-hybridized carbons (Fsp3) is 0.458. The van der Waals surface area contributed by atoms with Gasteiger partial charge in [0.25, 0.3) is 0 Å². The number of nitrogens with one attached hydrogen (secondary N) is 4. The van der Waals surface area contributed by atoms with Crippen LogP contribution in [0, 0.1) is 0 Å². The second kappa shape index (κ2) is 14.2. The lowest BCUT2D eigenvalue weighted by atomic mass is 10.0. The highest BCUT2D eigenvalue weighted by molar-refractivity contribution is 7.98. The van der Waals surface area contributed by atoms with Crippen LogP contribution in [0.4, 0.5) is 0 Å². The first-order chi connectivity index (χ1) is 17.5. The molecule has 0 bridgehead atoms. The van der Waals surface area contributed by atoms with Gasteiger partial charge in [0.1, 0.15) is 18.1 Å². The van der Waals surface area contributed by atoms with E-state index >= 15 is 0 Å². The number of thioether (sulfide) groups is 1. The van der Waals surface area contributed by atoms with E-state index in [-0.39, 0.29) is 25.7 Å². The van der Waals surface area contributed by atoms with Crippen molar-refractivity contribution in [1.29, 1.82) is 0 Å². The SMILES string of the molecule is CSCCC(NC(=O)C(C)NC(=O)C(Cc1c[nH]c2ccccc12)NC(=O)C(N)CCC(N)=O)C(=O)O. The first-order valence-corrected chi connectivity index (χ1v) is 13.1. The molecular formula is C24H34N6O6S. The van der Waals surface area contributed by atoms with Gasteiger partial charge in [-0.05, 0) is 43.4 Å². The van der Waals surface area contributed by atoms with Crippen molar-refractivity contribution in [3.8, 4) is 0 Å². The molecule has 0 spiro atoms. The maximum atomic E-state index is 13.2. The number of hydrogen-bond acceptors (Lipinski definition) is 7. The molecule has 13 heteroatoms. The quantitative estimate of drug-likeness (QED) is 0.160. The third kappa shape index (κ3) is 9.10. The molecule has 0 saturated carbocycles. The molecule has 1 aromatic heterocycles. The lowest BCUT2D eigenvalue weighted by Crippen LogP contribution is -2.57. The molecule has 0 aliphatic heterocycles. The number of nitrogens with two attached hydrogens (primary N) is 2. The number of carboxylic acid groups (broad SMARTS) is 1. The number of carboxylic acids is 1. The number of H-pyrrole nitrogens is 1. The van der Waals surface area contributed by atoms with Crippen molar-refractivity contribution >= 4 is 52.3 Å². The Morgan fingerprint density at radius 3 is 2.32 bits per heavy atom. The first kappa shape index (κ1) is 29.6. The number of para-hydroxylation sites is 1. The average molecular weight is 535 g/mol. The van der Waals surface area contributed by atoms with E-state index in [0.717, 1.165) is 16.5 Å². The van der Waals surface area contributed by atoms with Crippen molar-refractivity contribution in [3.05, 3.63) is 36.0 Å². The van der Waals surface area contributed by atoms with Gasteiger partial charge in [-0.1, -0.05) is 18.2 Å². The highest BCUT2D eigenvalue weighted by Gasteiger charge is 2.29. The summed E-state index contributed by atoms with van der Waals surface area (Å²) in [6.45, 7) is 1.42. The van der Waals surface area contributed by atoms with Crippen LogP contribution in [0.2, 0.25) is 0 Å². The van der Waals surface area contributed by atoms with Crippen molar-refractivity contribution in [2.24, 2.45) is 11.5 Å². The van der Waals surface area contributed by atoms with Crippen molar-refractivity contribution in [2.45, 2.75) is 56.8 Å². The van der Waals surface area contributed by atoms with Crippen molar-refractivity contribution in [1.82, 2.24) is 20.9 Å². The third-order valence-electron chi connectivity index (χ3n) is 5.75. The van der Waals surface area contributed by atoms with Gasteiger partial charge in [-0.2, -0.15) is 11.8 Å². The fourth-order valence-corrected chi connectivity index (χ4v) is 4.08. The number of hydrogen-bond donors (Lipinski definition) is 7. The third-order valence-corrected chi connectivity index (χ3v) is 6.39. The second-order valence-electron chi connectivity index (χ2n) is 8.65. The monoisotopic (exact) mass is 534 g/mol. The zero-order valence-corrected chi connectivity index (χ0v) is 21.6. The largest absolute Gasteiger partial charge is 0.480 e. The van der Waals surface area contributed by atoms with Crippen molar-refractivity contribution in [3.63, 3.8) is 0 Å². The first-order valence-electron chi connectivity index (χ1n) is 11.7. The molecule has 4 atom stereocenters. The predicted molar refractivity (Wildman–Crippen MR) is 141 cm³/mol. The summed E-state index contributed by atoms with van der Waals surface area (Å²) in [6, 6.07) is 3.10. The summed E-state index contributed by atoms with van der Waals surface area (Å²) < 4.78 is 0. The Labute approximate surface area is 218 Å².